The normalized spacial score (nSPS) is 19.3. The first-order valence-electron chi connectivity index (χ1n) is 9.42. The summed E-state index contributed by atoms with van der Waals surface area (Å²) in [5.74, 6) is 0.828. The van der Waals surface area contributed by atoms with Crippen molar-refractivity contribution in [1.82, 2.24) is 15.1 Å². The Labute approximate surface area is 150 Å². The topological polar surface area (TPSA) is 52.7 Å². The second-order valence-corrected chi connectivity index (χ2v) is 7.44. The zero-order valence-corrected chi connectivity index (χ0v) is 15.3. The Kier molecular flexibility index (Phi) is 5.61. The molecular formula is C20H29N3O2. The Bertz CT molecular complexity index is 627. The van der Waals surface area contributed by atoms with Crippen LogP contribution in [0.2, 0.25) is 0 Å². The number of amides is 3. The quantitative estimate of drug-likeness (QED) is 0.914. The highest BCUT2D eigenvalue weighted by molar-refractivity contribution is 5.81. The van der Waals surface area contributed by atoms with Gasteiger partial charge in [-0.3, -0.25) is 4.79 Å². The molecule has 1 aliphatic carbocycles. The minimum absolute atomic E-state index is 0.0137. The van der Waals surface area contributed by atoms with Crippen molar-refractivity contribution in [1.29, 1.82) is 0 Å². The Morgan fingerprint density at radius 2 is 1.88 bits per heavy atom. The number of carbonyl (C=O) groups is 2. The molecule has 1 saturated carbocycles. The molecule has 1 heterocycles. The van der Waals surface area contributed by atoms with Gasteiger partial charge in [0.05, 0.1) is 0 Å². The van der Waals surface area contributed by atoms with Crippen LogP contribution in [0.4, 0.5) is 4.79 Å². The van der Waals surface area contributed by atoms with Gasteiger partial charge in [0.1, 0.15) is 0 Å². The van der Waals surface area contributed by atoms with Crippen molar-refractivity contribution in [3.8, 4) is 0 Å². The zero-order chi connectivity index (χ0) is 17.8. The monoisotopic (exact) mass is 343 g/mol. The molecule has 1 aliphatic heterocycles. The average molecular weight is 343 g/mol. The lowest BCUT2D eigenvalue weighted by Crippen LogP contribution is -2.43. The molecule has 0 aromatic heterocycles. The van der Waals surface area contributed by atoms with E-state index in [2.05, 4.69) is 43.4 Å². The molecule has 1 atom stereocenters. The number of carbonyl (C=O) groups excluding carboxylic acids is 2. The van der Waals surface area contributed by atoms with Gasteiger partial charge >= 0.3 is 6.03 Å². The summed E-state index contributed by atoms with van der Waals surface area (Å²) in [5, 5.41) is 3.06. The molecule has 1 aromatic rings. The van der Waals surface area contributed by atoms with Crippen LogP contribution in [-0.4, -0.2) is 54.5 Å². The number of hydrogen-bond acceptors (Lipinski definition) is 2. The van der Waals surface area contributed by atoms with Crippen molar-refractivity contribution in [2.75, 3.05) is 32.7 Å². The third-order valence-electron chi connectivity index (χ3n) is 5.19. The van der Waals surface area contributed by atoms with E-state index in [1.807, 2.05) is 9.80 Å². The van der Waals surface area contributed by atoms with Gasteiger partial charge < -0.3 is 15.1 Å². The van der Waals surface area contributed by atoms with Crippen LogP contribution in [0.15, 0.2) is 24.3 Å². The molecule has 5 nitrogen and oxygen atoms in total. The van der Waals surface area contributed by atoms with Crippen LogP contribution >= 0.6 is 0 Å². The SMILES string of the molecule is Cc1cccc([C@@H](C)CNC(=O)N2CCCN(C(=O)C3CC3)CC2)c1. The maximum atomic E-state index is 12.5. The van der Waals surface area contributed by atoms with Crippen LogP contribution in [0.1, 0.15) is 43.2 Å². The van der Waals surface area contributed by atoms with Gasteiger partial charge in [-0.25, -0.2) is 4.79 Å². The van der Waals surface area contributed by atoms with E-state index in [4.69, 9.17) is 0 Å². The molecule has 1 aromatic carbocycles. The van der Waals surface area contributed by atoms with Gasteiger partial charge in [0.2, 0.25) is 5.91 Å². The van der Waals surface area contributed by atoms with Crippen LogP contribution in [0.25, 0.3) is 0 Å². The second-order valence-electron chi connectivity index (χ2n) is 7.44. The number of nitrogens with zero attached hydrogens (tertiary/aromatic N) is 2. The highest BCUT2D eigenvalue weighted by atomic mass is 16.2. The van der Waals surface area contributed by atoms with Gasteiger partial charge in [-0.15, -0.1) is 0 Å². The summed E-state index contributed by atoms with van der Waals surface area (Å²) in [5.41, 5.74) is 2.49. The van der Waals surface area contributed by atoms with Gasteiger partial charge in [0.25, 0.3) is 0 Å². The number of nitrogens with one attached hydrogen (secondary N) is 1. The molecule has 25 heavy (non-hydrogen) atoms. The lowest BCUT2D eigenvalue weighted by Gasteiger charge is -2.23. The van der Waals surface area contributed by atoms with Crippen LogP contribution < -0.4 is 5.32 Å². The van der Waals surface area contributed by atoms with Crippen LogP contribution in [0.5, 0.6) is 0 Å². The lowest BCUT2D eigenvalue weighted by molar-refractivity contribution is -0.132. The number of aryl methyl sites for hydroxylation is 1. The summed E-state index contributed by atoms with van der Waals surface area (Å²) in [6, 6.07) is 8.41. The van der Waals surface area contributed by atoms with E-state index in [1.54, 1.807) is 0 Å². The van der Waals surface area contributed by atoms with Gasteiger partial charge in [-0.1, -0.05) is 36.8 Å². The summed E-state index contributed by atoms with van der Waals surface area (Å²) in [6.45, 7) is 7.63. The first-order valence-corrected chi connectivity index (χ1v) is 9.42. The third kappa shape index (κ3) is 4.74. The smallest absolute Gasteiger partial charge is 0.317 e. The fraction of sp³-hybridized carbons (Fsp3) is 0.600. The third-order valence-corrected chi connectivity index (χ3v) is 5.19. The largest absolute Gasteiger partial charge is 0.341 e. The first kappa shape index (κ1) is 17.8. The Morgan fingerprint density at radius 3 is 2.60 bits per heavy atom. The number of rotatable bonds is 4. The Hall–Kier alpha value is -2.04. The summed E-state index contributed by atoms with van der Waals surface area (Å²) in [4.78, 5) is 28.5. The highest BCUT2D eigenvalue weighted by Gasteiger charge is 2.34. The summed E-state index contributed by atoms with van der Waals surface area (Å²) in [7, 11) is 0. The molecule has 0 unspecified atom stereocenters. The Balaban J connectivity index is 1.47. The number of hydrogen-bond donors (Lipinski definition) is 1. The summed E-state index contributed by atoms with van der Waals surface area (Å²) in [6.07, 6.45) is 2.94. The van der Waals surface area contributed by atoms with E-state index in [9.17, 15) is 9.59 Å². The van der Waals surface area contributed by atoms with E-state index < -0.39 is 0 Å². The fourth-order valence-electron chi connectivity index (χ4n) is 3.38. The van der Waals surface area contributed by atoms with Crippen molar-refractivity contribution >= 4 is 11.9 Å². The molecule has 2 aliphatic rings. The van der Waals surface area contributed by atoms with E-state index in [0.29, 0.717) is 19.6 Å². The molecule has 0 radical (unpaired) electrons. The maximum Gasteiger partial charge on any atom is 0.317 e. The minimum Gasteiger partial charge on any atom is -0.341 e. The second kappa shape index (κ2) is 7.89. The van der Waals surface area contributed by atoms with Gasteiger partial charge in [0, 0.05) is 38.6 Å². The molecule has 0 spiro atoms. The van der Waals surface area contributed by atoms with Crippen molar-refractivity contribution < 1.29 is 9.59 Å². The Morgan fingerprint density at radius 1 is 1.16 bits per heavy atom. The first-order chi connectivity index (χ1) is 12.0. The minimum atomic E-state index is -0.0137. The fourth-order valence-corrected chi connectivity index (χ4v) is 3.38. The average Bonchev–Trinajstić information content (AvgIpc) is 3.45. The maximum absolute atomic E-state index is 12.5. The molecule has 3 rings (SSSR count). The summed E-state index contributed by atoms with van der Waals surface area (Å²) < 4.78 is 0. The van der Waals surface area contributed by atoms with Crippen molar-refractivity contribution in [3.05, 3.63) is 35.4 Å². The van der Waals surface area contributed by atoms with Gasteiger partial charge in [0.15, 0.2) is 0 Å². The van der Waals surface area contributed by atoms with Crippen molar-refractivity contribution in [2.45, 2.75) is 39.0 Å². The van der Waals surface area contributed by atoms with Crippen molar-refractivity contribution in [3.63, 3.8) is 0 Å². The molecular weight excluding hydrogens is 314 g/mol. The van der Waals surface area contributed by atoms with Crippen LogP contribution in [0.3, 0.4) is 0 Å². The summed E-state index contributed by atoms with van der Waals surface area (Å²) >= 11 is 0. The molecule has 5 heteroatoms. The molecule has 3 amide bonds. The van der Waals surface area contributed by atoms with Gasteiger partial charge in [-0.05, 0) is 37.7 Å². The molecule has 136 valence electrons. The molecule has 1 N–H and O–H groups in total. The number of urea groups is 1. The van der Waals surface area contributed by atoms with Crippen LogP contribution in [-0.2, 0) is 4.79 Å². The van der Waals surface area contributed by atoms with Crippen LogP contribution in [0, 0.1) is 12.8 Å². The molecule has 0 bridgehead atoms. The van der Waals surface area contributed by atoms with Crippen molar-refractivity contribution in [2.24, 2.45) is 5.92 Å². The van der Waals surface area contributed by atoms with Gasteiger partial charge in [-0.2, -0.15) is 0 Å². The molecule has 2 fully saturated rings. The van der Waals surface area contributed by atoms with E-state index in [0.717, 1.165) is 32.4 Å². The number of benzene rings is 1. The standard InChI is InChI=1S/C20H29N3O2/c1-15-5-3-6-18(13-15)16(2)14-21-20(25)23-10-4-9-22(11-12-23)19(24)17-7-8-17/h3,5-6,13,16-17H,4,7-12,14H2,1-2H3,(H,21,25)/t16-/m0/s1. The predicted molar refractivity (Wildman–Crippen MR) is 98.5 cm³/mol. The van der Waals surface area contributed by atoms with E-state index in [-0.39, 0.29) is 23.8 Å². The highest BCUT2D eigenvalue weighted by Crippen LogP contribution is 2.31. The van der Waals surface area contributed by atoms with E-state index in [1.165, 1.54) is 11.1 Å². The lowest BCUT2D eigenvalue weighted by atomic mass is 9.99. The predicted octanol–water partition coefficient (Wildman–Crippen LogP) is 2.75. The van der Waals surface area contributed by atoms with E-state index >= 15 is 0 Å². The molecule has 1 saturated heterocycles. The zero-order valence-electron chi connectivity index (χ0n) is 15.3.